The average Bonchev–Trinajstić information content (AvgIpc) is 2.91. The molecule has 0 fully saturated rings. The van der Waals surface area contributed by atoms with E-state index >= 15 is 0 Å². The van der Waals surface area contributed by atoms with Crippen LogP contribution in [0.4, 0.5) is 30.6 Å². The zero-order valence-corrected chi connectivity index (χ0v) is 20.9. The van der Waals surface area contributed by atoms with Crippen molar-refractivity contribution in [3.05, 3.63) is 47.8 Å². The van der Waals surface area contributed by atoms with E-state index in [1.165, 1.54) is 0 Å². The summed E-state index contributed by atoms with van der Waals surface area (Å²) in [5.74, 6) is 0.0452. The minimum atomic E-state index is -4.62. The molecule has 3 aromatic heterocycles. The Morgan fingerprint density at radius 1 is 1.16 bits per heavy atom. The normalized spacial score (nSPS) is 17.7. The van der Waals surface area contributed by atoms with Gasteiger partial charge in [0.05, 0.1) is 24.2 Å². The highest BCUT2D eigenvalue weighted by Gasteiger charge is 2.43. The molecule has 3 aromatic rings. The van der Waals surface area contributed by atoms with Gasteiger partial charge in [-0.15, -0.1) is 0 Å². The number of ether oxygens (including phenoxy) is 2. The number of nitrogens with zero attached hydrogens (tertiary/aromatic N) is 7. The van der Waals surface area contributed by atoms with Crippen LogP contribution in [0, 0.1) is 0 Å². The van der Waals surface area contributed by atoms with E-state index < -0.39 is 18.0 Å². The van der Waals surface area contributed by atoms with Gasteiger partial charge in [0.15, 0.2) is 11.6 Å². The van der Waals surface area contributed by atoms with E-state index in [-0.39, 0.29) is 23.6 Å². The average molecular weight is 531 g/mol. The summed E-state index contributed by atoms with van der Waals surface area (Å²) < 4.78 is 48.7. The molecule has 0 unspecified atom stereocenters. The maximum atomic E-state index is 13.2. The number of hydrogen-bond acceptors (Lipinski definition) is 10. The predicted molar refractivity (Wildman–Crippen MR) is 130 cm³/mol. The van der Waals surface area contributed by atoms with Crippen molar-refractivity contribution in [2.24, 2.45) is 0 Å². The monoisotopic (exact) mass is 530 g/mol. The molecular formula is C24H25F3N8O3. The molecule has 0 aliphatic carbocycles. The van der Waals surface area contributed by atoms with Crippen molar-refractivity contribution in [1.82, 2.24) is 24.9 Å². The lowest BCUT2D eigenvalue weighted by Crippen LogP contribution is -2.58. The maximum Gasteiger partial charge on any atom is 0.451 e. The van der Waals surface area contributed by atoms with Crippen molar-refractivity contribution in [3.8, 4) is 11.6 Å². The topological polar surface area (TPSA) is 118 Å². The van der Waals surface area contributed by atoms with Gasteiger partial charge in [0.2, 0.25) is 17.7 Å². The molecule has 0 radical (unpaired) electrons. The molecule has 2 atom stereocenters. The number of pyridine rings is 1. The number of hydrogen-bond donors (Lipinski definition) is 1. The number of amides is 1. The van der Waals surface area contributed by atoms with E-state index in [1.54, 1.807) is 30.3 Å². The lowest BCUT2D eigenvalue weighted by Gasteiger charge is -2.44. The Bertz CT molecular complexity index is 1320. The first-order valence-corrected chi connectivity index (χ1v) is 11.9. The van der Waals surface area contributed by atoms with Gasteiger partial charge in [-0.1, -0.05) is 6.07 Å². The molecular weight excluding hydrogens is 505 g/mol. The van der Waals surface area contributed by atoms with Crippen molar-refractivity contribution >= 4 is 23.4 Å². The Hall–Kier alpha value is -4.07. The van der Waals surface area contributed by atoms with E-state index in [0.29, 0.717) is 24.9 Å². The fraction of sp³-hybridized carbons (Fsp3) is 0.417. The van der Waals surface area contributed by atoms with Crippen LogP contribution in [0.25, 0.3) is 0 Å². The van der Waals surface area contributed by atoms with Gasteiger partial charge in [-0.05, 0) is 25.3 Å². The number of aryl methyl sites for hydroxylation is 1. The highest BCUT2D eigenvalue weighted by Crippen LogP contribution is 2.40. The molecule has 0 spiro atoms. The van der Waals surface area contributed by atoms with Crippen LogP contribution < -0.4 is 19.9 Å². The molecule has 5 rings (SSSR count). The van der Waals surface area contributed by atoms with Crippen LogP contribution in [-0.2, 0) is 28.7 Å². The largest absolute Gasteiger partial charge is 0.451 e. The summed E-state index contributed by atoms with van der Waals surface area (Å²) in [5.41, 5.74) is 2.37. The number of rotatable bonds is 7. The van der Waals surface area contributed by atoms with Crippen LogP contribution in [0.15, 0.2) is 30.7 Å². The van der Waals surface area contributed by atoms with E-state index in [4.69, 9.17) is 14.5 Å². The van der Waals surface area contributed by atoms with Crippen molar-refractivity contribution in [2.75, 3.05) is 35.8 Å². The molecule has 1 amide bonds. The van der Waals surface area contributed by atoms with Crippen molar-refractivity contribution < 1.29 is 27.4 Å². The number of halogens is 3. The van der Waals surface area contributed by atoms with Gasteiger partial charge >= 0.3 is 6.18 Å². The second-order valence-electron chi connectivity index (χ2n) is 8.96. The first-order valence-electron chi connectivity index (χ1n) is 11.9. The maximum absolute atomic E-state index is 13.2. The highest BCUT2D eigenvalue weighted by molar-refractivity contribution is 6.06. The number of methoxy groups -OCH3 is 1. The molecule has 0 bridgehead atoms. The van der Waals surface area contributed by atoms with E-state index in [2.05, 4.69) is 25.3 Å². The Morgan fingerprint density at radius 2 is 1.92 bits per heavy atom. The van der Waals surface area contributed by atoms with Gasteiger partial charge < -0.3 is 24.6 Å². The summed E-state index contributed by atoms with van der Waals surface area (Å²) >= 11 is 0. The minimum absolute atomic E-state index is 0.0177. The summed E-state index contributed by atoms with van der Waals surface area (Å²) in [6.45, 7) is 2.84. The third-order valence-corrected chi connectivity index (χ3v) is 6.44. The second kappa shape index (κ2) is 10.0. The van der Waals surface area contributed by atoms with Gasteiger partial charge in [-0.2, -0.15) is 18.2 Å². The lowest BCUT2D eigenvalue weighted by atomic mass is 9.99. The molecule has 11 nitrogen and oxygen atoms in total. The van der Waals surface area contributed by atoms with E-state index in [9.17, 15) is 18.0 Å². The van der Waals surface area contributed by atoms with Crippen LogP contribution in [0.2, 0.25) is 0 Å². The number of carbonyl (C=O) groups excluding carboxylic acids is 1. The van der Waals surface area contributed by atoms with Crippen molar-refractivity contribution in [3.63, 3.8) is 0 Å². The number of aromatic nitrogens is 5. The quantitative estimate of drug-likeness (QED) is 0.488. The van der Waals surface area contributed by atoms with E-state index in [1.807, 2.05) is 18.9 Å². The van der Waals surface area contributed by atoms with Gasteiger partial charge in [0, 0.05) is 39.5 Å². The summed E-state index contributed by atoms with van der Waals surface area (Å²) in [6.07, 6.45) is 0.0514. The van der Waals surface area contributed by atoms with Crippen LogP contribution >= 0.6 is 0 Å². The SMILES string of the molecule is CO[C@H](C)[C@H]1C(=O)N2CCCc3nc(NCc4ccc(Oc5cnc(C(F)(F)F)nc5)nc4)nc(c32)N1C. The van der Waals surface area contributed by atoms with Crippen LogP contribution in [0.1, 0.15) is 30.4 Å². The third kappa shape index (κ3) is 4.90. The number of nitrogens with one attached hydrogen (secondary N) is 1. The van der Waals surface area contributed by atoms with Gasteiger partial charge in [0.25, 0.3) is 5.91 Å². The molecule has 5 heterocycles. The van der Waals surface area contributed by atoms with Crippen LogP contribution in [0.3, 0.4) is 0 Å². The molecule has 0 saturated heterocycles. The number of alkyl halides is 3. The molecule has 38 heavy (non-hydrogen) atoms. The Kier molecular flexibility index (Phi) is 6.73. The Balaban J connectivity index is 1.29. The first kappa shape index (κ1) is 25.6. The summed E-state index contributed by atoms with van der Waals surface area (Å²) in [7, 11) is 3.42. The minimum Gasteiger partial charge on any atom is -0.436 e. The Labute approximate surface area is 216 Å². The molecule has 200 valence electrons. The smallest absolute Gasteiger partial charge is 0.436 e. The first-order chi connectivity index (χ1) is 18.2. The van der Waals surface area contributed by atoms with Gasteiger partial charge in [-0.3, -0.25) is 4.79 Å². The predicted octanol–water partition coefficient (Wildman–Crippen LogP) is 3.22. The van der Waals surface area contributed by atoms with Crippen LogP contribution in [0.5, 0.6) is 11.6 Å². The third-order valence-electron chi connectivity index (χ3n) is 6.44. The zero-order valence-electron chi connectivity index (χ0n) is 20.9. The summed E-state index contributed by atoms with van der Waals surface area (Å²) in [5, 5.41) is 3.21. The molecule has 1 N–H and O–H groups in total. The van der Waals surface area contributed by atoms with Crippen molar-refractivity contribution in [2.45, 2.75) is 44.6 Å². The molecule has 2 aliphatic heterocycles. The Morgan fingerprint density at radius 3 is 2.58 bits per heavy atom. The molecule has 2 aliphatic rings. The molecule has 14 heteroatoms. The fourth-order valence-corrected chi connectivity index (χ4v) is 4.50. The van der Waals surface area contributed by atoms with Gasteiger partial charge in [-0.25, -0.2) is 19.9 Å². The number of carbonyl (C=O) groups is 1. The van der Waals surface area contributed by atoms with Gasteiger partial charge in [0.1, 0.15) is 11.7 Å². The van der Waals surface area contributed by atoms with Crippen molar-refractivity contribution in [1.29, 1.82) is 0 Å². The molecule has 0 aromatic carbocycles. The standard InChI is InChI=1S/C24H25F3N8O3/c1-13(37-3)18-21(36)35-8-4-5-16-19(35)20(34(18)2)33-23(32-16)31-10-14-6-7-17(28-9-14)38-15-11-29-22(30-12-15)24(25,26)27/h6-7,9,11-13,18H,4-5,8,10H2,1-3H3,(H,31,32,33)/t13-,18+/m1/s1. The van der Waals surface area contributed by atoms with Crippen LogP contribution in [-0.4, -0.2) is 63.7 Å². The summed E-state index contributed by atoms with van der Waals surface area (Å²) in [4.78, 5) is 36.9. The second-order valence-corrected chi connectivity index (χ2v) is 8.96. The highest BCUT2D eigenvalue weighted by atomic mass is 19.4. The molecule has 0 saturated carbocycles. The zero-order chi connectivity index (χ0) is 27.0. The number of anilines is 3. The lowest BCUT2D eigenvalue weighted by molar-refractivity contribution is -0.145. The number of likely N-dealkylation sites (N-methyl/N-ethyl adjacent to an activating group) is 1. The summed E-state index contributed by atoms with van der Waals surface area (Å²) in [6, 6.07) is 2.85. The van der Waals surface area contributed by atoms with E-state index in [0.717, 1.165) is 42.2 Å². The fourth-order valence-electron chi connectivity index (χ4n) is 4.50.